The number of halogens is 2. The third-order valence-electron chi connectivity index (χ3n) is 4.16. The van der Waals surface area contributed by atoms with E-state index >= 15 is 0 Å². The van der Waals surface area contributed by atoms with Crippen LogP contribution in [0.4, 0.5) is 14.6 Å². The SMILES string of the molecule is Cc1cc(N2CCCCC2)nc(CNC(=O)c2c(F)cccc2F)n1. The number of carbonyl (C=O) groups is 1. The Morgan fingerprint density at radius 1 is 1.16 bits per heavy atom. The minimum Gasteiger partial charge on any atom is -0.357 e. The summed E-state index contributed by atoms with van der Waals surface area (Å²) in [6.45, 7) is 3.76. The van der Waals surface area contributed by atoms with E-state index in [0.29, 0.717) is 5.82 Å². The molecule has 0 saturated carbocycles. The first-order chi connectivity index (χ1) is 12.0. The molecule has 132 valence electrons. The van der Waals surface area contributed by atoms with Gasteiger partial charge in [0.15, 0.2) is 0 Å². The van der Waals surface area contributed by atoms with Gasteiger partial charge in [0.25, 0.3) is 5.91 Å². The van der Waals surface area contributed by atoms with Gasteiger partial charge in [0.2, 0.25) is 0 Å². The number of benzene rings is 1. The van der Waals surface area contributed by atoms with Gasteiger partial charge in [0.05, 0.1) is 6.54 Å². The van der Waals surface area contributed by atoms with Crippen LogP contribution in [-0.4, -0.2) is 29.0 Å². The van der Waals surface area contributed by atoms with E-state index in [4.69, 9.17) is 0 Å². The number of hydrogen-bond donors (Lipinski definition) is 1. The van der Waals surface area contributed by atoms with Crippen LogP contribution in [0.5, 0.6) is 0 Å². The van der Waals surface area contributed by atoms with Crippen LogP contribution >= 0.6 is 0 Å². The maximum absolute atomic E-state index is 13.7. The zero-order valence-electron chi connectivity index (χ0n) is 14.1. The zero-order chi connectivity index (χ0) is 17.8. The Labute approximate surface area is 145 Å². The lowest BCUT2D eigenvalue weighted by Gasteiger charge is -2.28. The molecule has 3 rings (SSSR count). The highest BCUT2D eigenvalue weighted by molar-refractivity contribution is 5.94. The standard InChI is InChI=1S/C18H20F2N4O/c1-12-10-16(24-8-3-2-4-9-24)23-15(22-12)11-21-18(25)17-13(19)6-5-7-14(17)20/h5-7,10H,2-4,8-9,11H2,1H3,(H,21,25). The van der Waals surface area contributed by atoms with Gasteiger partial charge in [-0.25, -0.2) is 18.7 Å². The van der Waals surface area contributed by atoms with Crippen LogP contribution in [0, 0.1) is 18.6 Å². The van der Waals surface area contributed by atoms with E-state index in [1.54, 1.807) is 0 Å². The Hall–Kier alpha value is -2.57. The quantitative estimate of drug-likeness (QED) is 0.925. The first-order valence-corrected chi connectivity index (χ1v) is 8.36. The molecule has 1 fully saturated rings. The average molecular weight is 346 g/mol. The van der Waals surface area contributed by atoms with Gasteiger partial charge in [0.1, 0.15) is 28.8 Å². The van der Waals surface area contributed by atoms with Crippen LogP contribution in [0.1, 0.15) is 41.1 Å². The summed E-state index contributed by atoms with van der Waals surface area (Å²) in [5, 5.41) is 2.49. The van der Waals surface area contributed by atoms with Crippen molar-refractivity contribution in [3.8, 4) is 0 Å². The van der Waals surface area contributed by atoms with Crippen molar-refractivity contribution >= 4 is 11.7 Å². The molecular weight excluding hydrogens is 326 g/mol. The number of nitrogens with zero attached hydrogens (tertiary/aromatic N) is 3. The molecule has 1 aromatic heterocycles. The normalized spacial score (nSPS) is 14.4. The molecule has 25 heavy (non-hydrogen) atoms. The Bertz CT molecular complexity index is 755. The Morgan fingerprint density at radius 2 is 1.84 bits per heavy atom. The number of carbonyl (C=O) groups excluding carboxylic acids is 1. The monoisotopic (exact) mass is 346 g/mol. The van der Waals surface area contributed by atoms with Gasteiger partial charge in [-0.15, -0.1) is 0 Å². The molecule has 0 aliphatic carbocycles. The van der Waals surface area contributed by atoms with E-state index in [1.807, 2.05) is 13.0 Å². The number of aromatic nitrogens is 2. The molecule has 1 N–H and O–H groups in total. The molecular formula is C18H20F2N4O. The predicted molar refractivity (Wildman–Crippen MR) is 90.4 cm³/mol. The van der Waals surface area contributed by atoms with Crippen LogP contribution in [0.3, 0.4) is 0 Å². The Balaban J connectivity index is 1.72. The molecule has 1 aromatic carbocycles. The molecule has 1 saturated heterocycles. The van der Waals surface area contributed by atoms with E-state index in [-0.39, 0.29) is 6.54 Å². The summed E-state index contributed by atoms with van der Waals surface area (Å²) < 4.78 is 27.3. The zero-order valence-corrected chi connectivity index (χ0v) is 14.1. The molecule has 2 aromatic rings. The van der Waals surface area contributed by atoms with Crippen LogP contribution in [0.15, 0.2) is 24.3 Å². The molecule has 0 atom stereocenters. The van der Waals surface area contributed by atoms with Gasteiger partial charge in [0, 0.05) is 24.8 Å². The van der Waals surface area contributed by atoms with Crippen molar-refractivity contribution in [1.29, 1.82) is 0 Å². The largest absolute Gasteiger partial charge is 0.357 e. The maximum Gasteiger partial charge on any atom is 0.257 e. The fourth-order valence-electron chi connectivity index (χ4n) is 2.94. The van der Waals surface area contributed by atoms with E-state index in [1.165, 1.54) is 12.5 Å². The van der Waals surface area contributed by atoms with Crippen LogP contribution in [0.25, 0.3) is 0 Å². The summed E-state index contributed by atoms with van der Waals surface area (Å²) in [6.07, 6.45) is 3.47. The highest BCUT2D eigenvalue weighted by Crippen LogP contribution is 2.18. The number of amides is 1. The number of hydrogen-bond acceptors (Lipinski definition) is 4. The number of rotatable bonds is 4. The summed E-state index contributed by atoms with van der Waals surface area (Å²) in [5.41, 5.74) is 0.198. The molecule has 1 aliphatic rings. The van der Waals surface area contributed by atoms with Gasteiger partial charge in [-0.05, 0) is 38.3 Å². The van der Waals surface area contributed by atoms with Crippen LogP contribution < -0.4 is 10.2 Å². The molecule has 0 bridgehead atoms. The smallest absolute Gasteiger partial charge is 0.257 e. The Kier molecular flexibility index (Phi) is 5.21. The van der Waals surface area contributed by atoms with Crippen molar-refractivity contribution in [2.45, 2.75) is 32.7 Å². The van der Waals surface area contributed by atoms with E-state index in [2.05, 4.69) is 20.2 Å². The molecule has 1 aliphatic heterocycles. The minimum atomic E-state index is -0.892. The molecule has 0 spiro atoms. The predicted octanol–water partition coefficient (Wildman–Crippen LogP) is 2.98. The van der Waals surface area contributed by atoms with Crippen molar-refractivity contribution in [1.82, 2.24) is 15.3 Å². The number of nitrogens with one attached hydrogen (secondary N) is 1. The second-order valence-electron chi connectivity index (χ2n) is 6.11. The third-order valence-corrected chi connectivity index (χ3v) is 4.16. The summed E-state index contributed by atoms with van der Waals surface area (Å²) in [7, 11) is 0. The lowest BCUT2D eigenvalue weighted by Crippen LogP contribution is -2.31. The summed E-state index contributed by atoms with van der Waals surface area (Å²) in [6, 6.07) is 5.23. The summed E-state index contributed by atoms with van der Waals surface area (Å²) >= 11 is 0. The van der Waals surface area contributed by atoms with Gasteiger partial charge < -0.3 is 10.2 Å². The van der Waals surface area contributed by atoms with Gasteiger partial charge in [-0.3, -0.25) is 4.79 Å². The lowest BCUT2D eigenvalue weighted by molar-refractivity contribution is 0.0941. The number of piperidine rings is 1. The molecule has 5 nitrogen and oxygen atoms in total. The third kappa shape index (κ3) is 4.10. The summed E-state index contributed by atoms with van der Waals surface area (Å²) in [5.74, 6) is -1.35. The van der Waals surface area contributed by atoms with Crippen molar-refractivity contribution in [2.75, 3.05) is 18.0 Å². The Morgan fingerprint density at radius 3 is 2.52 bits per heavy atom. The lowest BCUT2D eigenvalue weighted by atomic mass is 10.1. The summed E-state index contributed by atoms with van der Waals surface area (Å²) in [4.78, 5) is 23.0. The van der Waals surface area contributed by atoms with Crippen molar-refractivity contribution in [3.63, 3.8) is 0 Å². The second kappa shape index (κ2) is 7.55. The van der Waals surface area contributed by atoms with Crippen molar-refractivity contribution in [3.05, 3.63) is 53.0 Å². The van der Waals surface area contributed by atoms with Crippen LogP contribution in [-0.2, 0) is 6.54 Å². The fourth-order valence-corrected chi connectivity index (χ4v) is 2.94. The van der Waals surface area contributed by atoms with Gasteiger partial charge in [-0.1, -0.05) is 6.07 Å². The first kappa shape index (κ1) is 17.3. The highest BCUT2D eigenvalue weighted by atomic mass is 19.1. The van der Waals surface area contributed by atoms with Crippen LogP contribution in [0.2, 0.25) is 0 Å². The molecule has 7 heteroatoms. The molecule has 2 heterocycles. The highest BCUT2D eigenvalue weighted by Gasteiger charge is 2.18. The van der Waals surface area contributed by atoms with E-state index in [0.717, 1.165) is 49.6 Å². The number of aryl methyl sites for hydroxylation is 1. The average Bonchev–Trinajstić information content (AvgIpc) is 2.60. The molecule has 0 unspecified atom stereocenters. The van der Waals surface area contributed by atoms with Gasteiger partial charge in [-0.2, -0.15) is 0 Å². The van der Waals surface area contributed by atoms with E-state index in [9.17, 15) is 13.6 Å². The van der Waals surface area contributed by atoms with Crippen molar-refractivity contribution in [2.24, 2.45) is 0 Å². The topological polar surface area (TPSA) is 58.1 Å². The van der Waals surface area contributed by atoms with Crippen molar-refractivity contribution < 1.29 is 13.6 Å². The van der Waals surface area contributed by atoms with Gasteiger partial charge >= 0.3 is 0 Å². The first-order valence-electron chi connectivity index (χ1n) is 8.36. The van der Waals surface area contributed by atoms with E-state index < -0.39 is 23.1 Å². The molecule has 0 radical (unpaired) electrons. The fraction of sp³-hybridized carbons (Fsp3) is 0.389. The second-order valence-corrected chi connectivity index (χ2v) is 6.11. The maximum atomic E-state index is 13.7. The minimum absolute atomic E-state index is 0.00906. The molecule has 1 amide bonds. The number of anilines is 1.